The highest BCUT2D eigenvalue weighted by atomic mass is 15.2. The molecule has 15 heavy (non-hydrogen) atoms. The number of nitrogens with zero attached hydrogens (tertiary/aromatic N) is 1. The van der Waals surface area contributed by atoms with E-state index in [1.54, 1.807) is 0 Å². The van der Waals surface area contributed by atoms with Crippen LogP contribution in [0.1, 0.15) is 52.4 Å². The summed E-state index contributed by atoms with van der Waals surface area (Å²) in [6.45, 7) is 7.93. The van der Waals surface area contributed by atoms with Gasteiger partial charge in [-0.1, -0.05) is 12.8 Å². The van der Waals surface area contributed by atoms with Crippen LogP contribution in [0.3, 0.4) is 0 Å². The van der Waals surface area contributed by atoms with Crippen LogP contribution in [-0.2, 0) is 0 Å². The molecule has 2 fully saturated rings. The molecule has 1 aliphatic heterocycles. The third-order valence-corrected chi connectivity index (χ3v) is 4.04. The second kappa shape index (κ2) is 4.06. The summed E-state index contributed by atoms with van der Waals surface area (Å²) in [6, 6.07) is 0. The molecule has 0 aromatic carbocycles. The van der Waals surface area contributed by atoms with E-state index in [1.807, 2.05) is 0 Å². The molecule has 0 amide bonds. The first-order valence-corrected chi connectivity index (χ1v) is 6.51. The van der Waals surface area contributed by atoms with Crippen LogP contribution >= 0.6 is 0 Å². The van der Waals surface area contributed by atoms with Crippen molar-refractivity contribution in [2.24, 2.45) is 11.1 Å². The highest BCUT2D eigenvalue weighted by Crippen LogP contribution is 2.44. The predicted molar refractivity (Wildman–Crippen MR) is 64.8 cm³/mol. The van der Waals surface area contributed by atoms with Crippen LogP contribution in [0, 0.1) is 5.41 Å². The maximum atomic E-state index is 6.11. The molecule has 1 saturated heterocycles. The minimum Gasteiger partial charge on any atom is -0.324 e. The molecule has 0 radical (unpaired) electrons. The van der Waals surface area contributed by atoms with Gasteiger partial charge in [0.15, 0.2) is 0 Å². The lowest BCUT2D eigenvalue weighted by Crippen LogP contribution is -2.50. The maximum Gasteiger partial charge on any atom is 0.0226 e. The fourth-order valence-corrected chi connectivity index (χ4v) is 3.55. The van der Waals surface area contributed by atoms with Gasteiger partial charge in [-0.15, -0.1) is 0 Å². The molecule has 2 N–H and O–H groups in total. The van der Waals surface area contributed by atoms with Crippen molar-refractivity contribution >= 4 is 0 Å². The summed E-state index contributed by atoms with van der Waals surface area (Å²) in [5, 5.41) is 0. The number of nitrogens with two attached hydrogens (primary N) is 1. The highest BCUT2D eigenvalue weighted by molar-refractivity contribution is 4.92. The molecule has 0 unspecified atom stereocenters. The first-order chi connectivity index (χ1) is 6.99. The Morgan fingerprint density at radius 1 is 1.13 bits per heavy atom. The molecule has 0 bridgehead atoms. The van der Waals surface area contributed by atoms with Crippen molar-refractivity contribution in [1.82, 2.24) is 4.90 Å². The van der Waals surface area contributed by atoms with E-state index >= 15 is 0 Å². The van der Waals surface area contributed by atoms with Gasteiger partial charge in [-0.3, -0.25) is 0 Å². The van der Waals surface area contributed by atoms with Gasteiger partial charge in [0.05, 0.1) is 0 Å². The molecule has 2 nitrogen and oxygen atoms in total. The van der Waals surface area contributed by atoms with E-state index in [0.29, 0.717) is 5.41 Å². The zero-order valence-electron chi connectivity index (χ0n) is 10.4. The summed E-state index contributed by atoms with van der Waals surface area (Å²) >= 11 is 0. The van der Waals surface area contributed by atoms with Crippen molar-refractivity contribution in [1.29, 1.82) is 0 Å². The number of likely N-dealkylation sites (tertiary alicyclic amines) is 1. The lowest BCUT2D eigenvalue weighted by atomic mass is 9.78. The Bertz CT molecular complexity index is 211. The van der Waals surface area contributed by atoms with Gasteiger partial charge in [-0.2, -0.15) is 0 Å². The summed E-state index contributed by atoms with van der Waals surface area (Å²) < 4.78 is 0. The molecule has 1 heterocycles. The normalized spacial score (nSPS) is 27.4. The van der Waals surface area contributed by atoms with Gasteiger partial charge in [-0.05, 0) is 51.5 Å². The number of piperidine rings is 1. The fourth-order valence-electron chi connectivity index (χ4n) is 3.55. The SMILES string of the molecule is CC(C)(N)CN1CCCC2(CCCC2)C1. The Labute approximate surface area is 94.2 Å². The molecular formula is C13H26N2. The molecule has 2 rings (SSSR count). The Hall–Kier alpha value is -0.0800. The van der Waals surface area contributed by atoms with E-state index in [1.165, 1.54) is 51.6 Å². The molecule has 2 aliphatic rings. The van der Waals surface area contributed by atoms with Crippen LogP contribution in [0.4, 0.5) is 0 Å². The smallest absolute Gasteiger partial charge is 0.0226 e. The summed E-state index contributed by atoms with van der Waals surface area (Å²) in [5.74, 6) is 0. The summed E-state index contributed by atoms with van der Waals surface area (Å²) in [5.41, 5.74) is 6.77. The third-order valence-electron chi connectivity index (χ3n) is 4.04. The first kappa shape index (κ1) is 11.4. The van der Waals surface area contributed by atoms with Gasteiger partial charge >= 0.3 is 0 Å². The van der Waals surface area contributed by atoms with Crippen molar-refractivity contribution in [2.75, 3.05) is 19.6 Å². The van der Waals surface area contributed by atoms with Crippen LogP contribution in [-0.4, -0.2) is 30.1 Å². The predicted octanol–water partition coefficient (Wildman–Crippen LogP) is 2.38. The Morgan fingerprint density at radius 3 is 2.33 bits per heavy atom. The number of rotatable bonds is 2. The quantitative estimate of drug-likeness (QED) is 0.758. The van der Waals surface area contributed by atoms with E-state index in [0.717, 1.165) is 6.54 Å². The maximum absolute atomic E-state index is 6.11. The monoisotopic (exact) mass is 210 g/mol. The van der Waals surface area contributed by atoms with Crippen molar-refractivity contribution in [3.05, 3.63) is 0 Å². The first-order valence-electron chi connectivity index (χ1n) is 6.51. The number of hydrogen-bond donors (Lipinski definition) is 1. The molecule has 1 aliphatic carbocycles. The molecule has 2 heteroatoms. The Balaban J connectivity index is 1.92. The third kappa shape index (κ3) is 2.94. The van der Waals surface area contributed by atoms with Crippen molar-refractivity contribution in [3.63, 3.8) is 0 Å². The molecule has 1 saturated carbocycles. The minimum absolute atomic E-state index is 0.0306. The second-order valence-electron chi connectivity index (χ2n) is 6.51. The van der Waals surface area contributed by atoms with Crippen LogP contribution in [0.2, 0.25) is 0 Å². The largest absolute Gasteiger partial charge is 0.324 e. The van der Waals surface area contributed by atoms with Crippen molar-refractivity contribution < 1.29 is 0 Å². The van der Waals surface area contributed by atoms with E-state index in [-0.39, 0.29) is 5.54 Å². The number of hydrogen-bond acceptors (Lipinski definition) is 2. The molecule has 0 atom stereocenters. The van der Waals surface area contributed by atoms with Gasteiger partial charge in [0.25, 0.3) is 0 Å². The van der Waals surface area contributed by atoms with Crippen LogP contribution in [0.25, 0.3) is 0 Å². The topological polar surface area (TPSA) is 29.3 Å². The average molecular weight is 210 g/mol. The van der Waals surface area contributed by atoms with Gasteiger partial charge in [0, 0.05) is 18.6 Å². The second-order valence-corrected chi connectivity index (χ2v) is 6.51. The zero-order valence-corrected chi connectivity index (χ0v) is 10.4. The van der Waals surface area contributed by atoms with E-state index in [9.17, 15) is 0 Å². The van der Waals surface area contributed by atoms with Gasteiger partial charge in [0.2, 0.25) is 0 Å². The van der Waals surface area contributed by atoms with Crippen LogP contribution in [0.5, 0.6) is 0 Å². The van der Waals surface area contributed by atoms with Crippen molar-refractivity contribution in [2.45, 2.75) is 57.9 Å². The van der Waals surface area contributed by atoms with E-state index in [4.69, 9.17) is 5.73 Å². The van der Waals surface area contributed by atoms with Crippen molar-refractivity contribution in [3.8, 4) is 0 Å². The molecule has 1 spiro atoms. The van der Waals surface area contributed by atoms with E-state index < -0.39 is 0 Å². The average Bonchev–Trinajstić information content (AvgIpc) is 2.50. The summed E-state index contributed by atoms with van der Waals surface area (Å²) in [6.07, 6.45) is 8.70. The Kier molecular flexibility index (Phi) is 3.09. The standard InChI is InChI=1S/C13H26N2/c1-12(2,14)10-15-9-5-8-13(11-15)6-3-4-7-13/h3-11,14H2,1-2H3. The minimum atomic E-state index is -0.0306. The summed E-state index contributed by atoms with van der Waals surface area (Å²) in [7, 11) is 0. The molecule has 0 aromatic heterocycles. The molecule has 0 aromatic rings. The van der Waals surface area contributed by atoms with Gasteiger partial charge < -0.3 is 10.6 Å². The lowest BCUT2D eigenvalue weighted by molar-refractivity contribution is 0.0791. The van der Waals surface area contributed by atoms with Gasteiger partial charge in [0.1, 0.15) is 0 Å². The van der Waals surface area contributed by atoms with Crippen LogP contribution < -0.4 is 5.73 Å². The fraction of sp³-hybridized carbons (Fsp3) is 1.00. The molecular weight excluding hydrogens is 184 g/mol. The lowest BCUT2D eigenvalue weighted by Gasteiger charge is -2.42. The van der Waals surface area contributed by atoms with E-state index in [2.05, 4.69) is 18.7 Å². The Morgan fingerprint density at radius 2 is 1.73 bits per heavy atom. The van der Waals surface area contributed by atoms with Gasteiger partial charge in [-0.25, -0.2) is 0 Å². The highest BCUT2D eigenvalue weighted by Gasteiger charge is 2.38. The summed E-state index contributed by atoms with van der Waals surface area (Å²) in [4.78, 5) is 2.61. The van der Waals surface area contributed by atoms with Crippen LogP contribution in [0.15, 0.2) is 0 Å². The molecule has 88 valence electrons. The zero-order chi connectivity index (χ0) is 10.9.